The maximum atomic E-state index is 12.1. The van der Waals surface area contributed by atoms with Gasteiger partial charge in [-0.1, -0.05) is 13.8 Å². The summed E-state index contributed by atoms with van der Waals surface area (Å²) in [5, 5.41) is 3.03. The van der Waals surface area contributed by atoms with Crippen LogP contribution in [0.15, 0.2) is 23.2 Å². The van der Waals surface area contributed by atoms with Crippen molar-refractivity contribution < 1.29 is 9.21 Å². The molecule has 0 bridgehead atoms. The van der Waals surface area contributed by atoms with E-state index in [9.17, 15) is 4.79 Å². The maximum absolute atomic E-state index is 12.1. The molecule has 2 aromatic heterocycles. The number of carbonyl (C=O) groups excluding carboxylic acids is 1. The van der Waals surface area contributed by atoms with Gasteiger partial charge in [-0.15, -0.1) is 0 Å². The second kappa shape index (κ2) is 7.82. The second-order valence-electron chi connectivity index (χ2n) is 7.15. The minimum absolute atomic E-state index is 0.0498. The van der Waals surface area contributed by atoms with E-state index in [1.807, 2.05) is 7.05 Å². The summed E-state index contributed by atoms with van der Waals surface area (Å²) in [4.78, 5) is 23.1. The number of aromatic nitrogens is 3. The molecule has 0 aliphatic carbocycles. The van der Waals surface area contributed by atoms with E-state index in [-0.39, 0.29) is 5.91 Å². The highest BCUT2D eigenvalue weighted by Crippen LogP contribution is 2.20. The summed E-state index contributed by atoms with van der Waals surface area (Å²) in [6, 6.07) is 0. The Morgan fingerprint density at radius 3 is 2.76 bits per heavy atom. The Bertz CT molecular complexity index is 698. The van der Waals surface area contributed by atoms with Crippen LogP contribution in [0.25, 0.3) is 0 Å². The van der Waals surface area contributed by atoms with E-state index in [0.29, 0.717) is 17.5 Å². The monoisotopic (exact) mass is 345 g/mol. The van der Waals surface area contributed by atoms with Gasteiger partial charge in [0.2, 0.25) is 0 Å². The molecule has 1 aliphatic heterocycles. The summed E-state index contributed by atoms with van der Waals surface area (Å²) in [6.07, 6.45) is 7.18. The lowest BCUT2D eigenvalue weighted by atomic mass is 9.96. The Morgan fingerprint density at radius 1 is 1.40 bits per heavy atom. The van der Waals surface area contributed by atoms with Crippen molar-refractivity contribution in [3.63, 3.8) is 0 Å². The molecule has 0 aromatic carbocycles. The Hall–Kier alpha value is -2.15. The zero-order chi connectivity index (χ0) is 17.8. The van der Waals surface area contributed by atoms with Crippen molar-refractivity contribution in [2.24, 2.45) is 13.0 Å². The zero-order valence-corrected chi connectivity index (χ0v) is 15.2. The number of imidazole rings is 1. The van der Waals surface area contributed by atoms with E-state index in [1.165, 1.54) is 0 Å². The predicted molar refractivity (Wildman–Crippen MR) is 94.1 cm³/mol. The number of rotatable bonds is 6. The zero-order valence-electron chi connectivity index (χ0n) is 15.2. The van der Waals surface area contributed by atoms with Gasteiger partial charge >= 0.3 is 0 Å². The molecule has 1 N–H and O–H groups in total. The number of hydrogen-bond acceptors (Lipinski definition) is 5. The van der Waals surface area contributed by atoms with E-state index in [4.69, 9.17) is 4.42 Å². The summed E-state index contributed by atoms with van der Waals surface area (Å²) >= 11 is 0. The Morgan fingerprint density at radius 2 is 2.16 bits per heavy atom. The summed E-state index contributed by atoms with van der Waals surface area (Å²) in [7, 11) is 1.83. The van der Waals surface area contributed by atoms with Gasteiger partial charge in [-0.25, -0.2) is 9.97 Å². The maximum Gasteiger partial charge on any atom is 0.269 e. The summed E-state index contributed by atoms with van der Waals surface area (Å²) < 4.78 is 7.24. The highest BCUT2D eigenvalue weighted by molar-refractivity contribution is 5.92. The van der Waals surface area contributed by atoms with Crippen molar-refractivity contribution >= 4 is 5.91 Å². The number of oxazole rings is 1. The van der Waals surface area contributed by atoms with Gasteiger partial charge in [-0.2, -0.15) is 0 Å². The molecule has 3 rings (SSSR count). The number of nitrogens with one attached hydrogen (secondary N) is 1. The fourth-order valence-electron chi connectivity index (χ4n) is 3.14. The SMILES string of the molecule is CC(C)c1nc(CN2CCC(CNC(=O)c3cncn3C)CC2)co1. The number of piperidine rings is 1. The van der Waals surface area contributed by atoms with Crippen LogP contribution in [0.3, 0.4) is 0 Å². The number of carbonyl (C=O) groups is 1. The van der Waals surface area contributed by atoms with Crippen LogP contribution in [0, 0.1) is 5.92 Å². The van der Waals surface area contributed by atoms with Crippen LogP contribution < -0.4 is 5.32 Å². The molecule has 1 fully saturated rings. The van der Waals surface area contributed by atoms with Gasteiger partial charge in [-0.3, -0.25) is 9.69 Å². The van der Waals surface area contributed by atoms with E-state index in [2.05, 4.69) is 34.0 Å². The topological polar surface area (TPSA) is 76.2 Å². The van der Waals surface area contributed by atoms with E-state index in [0.717, 1.165) is 50.6 Å². The fraction of sp³-hybridized carbons (Fsp3) is 0.611. The first-order chi connectivity index (χ1) is 12.0. The molecule has 25 heavy (non-hydrogen) atoms. The number of likely N-dealkylation sites (tertiary alicyclic amines) is 1. The first-order valence-corrected chi connectivity index (χ1v) is 8.94. The first kappa shape index (κ1) is 17.7. The van der Waals surface area contributed by atoms with Gasteiger partial charge in [-0.05, 0) is 31.8 Å². The Balaban J connectivity index is 1.41. The molecular formula is C18H27N5O2. The van der Waals surface area contributed by atoms with Gasteiger partial charge < -0.3 is 14.3 Å². The quantitative estimate of drug-likeness (QED) is 0.868. The highest BCUT2D eigenvalue weighted by atomic mass is 16.3. The van der Waals surface area contributed by atoms with Crippen molar-refractivity contribution in [2.75, 3.05) is 19.6 Å². The average Bonchev–Trinajstić information content (AvgIpc) is 3.23. The van der Waals surface area contributed by atoms with Gasteiger partial charge in [0.25, 0.3) is 5.91 Å². The number of nitrogens with zero attached hydrogens (tertiary/aromatic N) is 4. The second-order valence-corrected chi connectivity index (χ2v) is 7.15. The van der Waals surface area contributed by atoms with Crippen LogP contribution in [-0.2, 0) is 13.6 Å². The predicted octanol–water partition coefficient (Wildman–Crippen LogP) is 2.17. The number of hydrogen-bond donors (Lipinski definition) is 1. The molecule has 0 atom stereocenters. The third-order valence-corrected chi connectivity index (χ3v) is 4.76. The van der Waals surface area contributed by atoms with Crippen LogP contribution in [0.5, 0.6) is 0 Å². The van der Waals surface area contributed by atoms with Crippen molar-refractivity contribution in [1.29, 1.82) is 0 Å². The molecule has 0 saturated carbocycles. The van der Waals surface area contributed by atoms with Gasteiger partial charge in [0.05, 0.1) is 18.2 Å². The van der Waals surface area contributed by atoms with E-state index in [1.54, 1.807) is 23.4 Å². The molecule has 0 radical (unpaired) electrons. The molecule has 2 aromatic rings. The molecular weight excluding hydrogens is 318 g/mol. The molecule has 7 nitrogen and oxygen atoms in total. The summed E-state index contributed by atoms with van der Waals surface area (Å²) in [6.45, 7) is 7.78. The standard InChI is InChI=1S/C18H27N5O2/c1-13(2)18-21-15(11-25-18)10-23-6-4-14(5-7-23)8-20-17(24)16-9-19-12-22(16)3/h9,11-14H,4-8,10H2,1-3H3,(H,20,24). The van der Waals surface area contributed by atoms with Crippen molar-refractivity contribution in [1.82, 2.24) is 24.8 Å². The summed E-state index contributed by atoms with van der Waals surface area (Å²) in [5.74, 6) is 1.61. The molecule has 0 spiro atoms. The molecule has 136 valence electrons. The molecule has 7 heteroatoms. The van der Waals surface area contributed by atoms with Gasteiger partial charge in [0.1, 0.15) is 12.0 Å². The molecule has 1 amide bonds. The molecule has 1 aliphatic rings. The molecule has 0 unspecified atom stereocenters. The van der Waals surface area contributed by atoms with Crippen LogP contribution in [0.4, 0.5) is 0 Å². The lowest BCUT2D eigenvalue weighted by molar-refractivity contribution is 0.0927. The fourth-order valence-corrected chi connectivity index (χ4v) is 3.14. The molecule has 3 heterocycles. The van der Waals surface area contributed by atoms with Crippen LogP contribution in [0.1, 0.15) is 54.7 Å². The van der Waals surface area contributed by atoms with Crippen LogP contribution in [0.2, 0.25) is 0 Å². The minimum atomic E-state index is -0.0498. The Labute approximate surface area is 148 Å². The largest absolute Gasteiger partial charge is 0.448 e. The van der Waals surface area contributed by atoms with Crippen LogP contribution >= 0.6 is 0 Å². The average molecular weight is 345 g/mol. The van der Waals surface area contributed by atoms with Crippen molar-refractivity contribution in [3.8, 4) is 0 Å². The smallest absolute Gasteiger partial charge is 0.269 e. The van der Waals surface area contributed by atoms with E-state index >= 15 is 0 Å². The van der Waals surface area contributed by atoms with Crippen molar-refractivity contribution in [2.45, 2.75) is 39.2 Å². The van der Waals surface area contributed by atoms with Gasteiger partial charge in [0, 0.05) is 26.1 Å². The van der Waals surface area contributed by atoms with Gasteiger partial charge in [0.15, 0.2) is 5.89 Å². The van der Waals surface area contributed by atoms with Crippen LogP contribution in [-0.4, -0.2) is 45.0 Å². The van der Waals surface area contributed by atoms with Crippen molar-refractivity contribution in [3.05, 3.63) is 36.1 Å². The normalized spacial score (nSPS) is 16.5. The third kappa shape index (κ3) is 4.48. The van der Waals surface area contributed by atoms with E-state index < -0.39 is 0 Å². The lowest BCUT2D eigenvalue weighted by Gasteiger charge is -2.31. The molecule has 1 saturated heterocycles. The minimum Gasteiger partial charge on any atom is -0.448 e. The summed E-state index contributed by atoms with van der Waals surface area (Å²) in [5.41, 5.74) is 1.61. The number of amides is 1. The lowest BCUT2D eigenvalue weighted by Crippen LogP contribution is -2.38. The first-order valence-electron chi connectivity index (χ1n) is 8.94. The highest BCUT2D eigenvalue weighted by Gasteiger charge is 2.21. The Kier molecular flexibility index (Phi) is 5.53. The third-order valence-electron chi connectivity index (χ3n) is 4.76. The number of aryl methyl sites for hydroxylation is 1.